The van der Waals surface area contributed by atoms with Crippen LogP contribution in [0.1, 0.15) is 38.3 Å². The van der Waals surface area contributed by atoms with Crippen LogP contribution in [0.3, 0.4) is 0 Å². The van der Waals surface area contributed by atoms with Crippen LogP contribution >= 0.6 is 0 Å². The van der Waals surface area contributed by atoms with Crippen LogP contribution in [0.15, 0.2) is 18.2 Å². The molecule has 0 aromatic heterocycles. The summed E-state index contributed by atoms with van der Waals surface area (Å²) in [7, 11) is 0. The zero-order chi connectivity index (χ0) is 13.2. The van der Waals surface area contributed by atoms with E-state index in [0.29, 0.717) is 6.04 Å². The number of rotatable bonds is 4. The first-order chi connectivity index (χ1) is 9.29. The molecule has 104 valence electrons. The molecule has 1 N–H and O–H groups in total. The molecule has 1 aromatic carbocycles. The molecule has 0 saturated heterocycles. The molecule has 1 aliphatic carbocycles. The van der Waals surface area contributed by atoms with Crippen LogP contribution in [0.2, 0.25) is 0 Å². The first kappa shape index (κ1) is 12.8. The fourth-order valence-corrected chi connectivity index (χ4v) is 2.93. The standard InChI is InChI=1S/C16H23NO2/c1-3-17-16(13-9-11(13)2)12-5-6-14-15(10-12)19-8-4-7-18-14/h5-6,10-11,13,16-17H,3-4,7-9H2,1-2H3. The highest BCUT2D eigenvalue weighted by Gasteiger charge is 2.40. The number of fused-ring (bicyclic) bond motifs is 1. The van der Waals surface area contributed by atoms with Crippen LogP contribution in [-0.2, 0) is 0 Å². The zero-order valence-electron chi connectivity index (χ0n) is 11.8. The van der Waals surface area contributed by atoms with E-state index < -0.39 is 0 Å². The third-order valence-corrected chi connectivity index (χ3v) is 4.15. The minimum atomic E-state index is 0.456. The number of benzene rings is 1. The summed E-state index contributed by atoms with van der Waals surface area (Å²) in [6.45, 7) is 7.01. The van der Waals surface area contributed by atoms with Gasteiger partial charge in [0.25, 0.3) is 0 Å². The third kappa shape index (κ3) is 2.71. The van der Waals surface area contributed by atoms with Crippen molar-refractivity contribution in [3.05, 3.63) is 23.8 Å². The Kier molecular flexibility index (Phi) is 3.65. The molecule has 0 radical (unpaired) electrons. The maximum absolute atomic E-state index is 5.79. The quantitative estimate of drug-likeness (QED) is 0.903. The smallest absolute Gasteiger partial charge is 0.161 e. The molecular weight excluding hydrogens is 238 g/mol. The summed E-state index contributed by atoms with van der Waals surface area (Å²) in [4.78, 5) is 0. The lowest BCUT2D eigenvalue weighted by Crippen LogP contribution is -2.23. The van der Waals surface area contributed by atoms with Crippen LogP contribution in [0, 0.1) is 11.8 Å². The fraction of sp³-hybridized carbons (Fsp3) is 0.625. The first-order valence-electron chi connectivity index (χ1n) is 7.42. The second-order valence-corrected chi connectivity index (χ2v) is 5.67. The van der Waals surface area contributed by atoms with Crippen LogP contribution in [0.5, 0.6) is 11.5 Å². The Morgan fingerprint density at radius 2 is 2.00 bits per heavy atom. The van der Waals surface area contributed by atoms with Gasteiger partial charge in [-0.3, -0.25) is 0 Å². The number of nitrogens with one attached hydrogen (secondary N) is 1. The maximum atomic E-state index is 5.79. The Morgan fingerprint density at radius 1 is 1.26 bits per heavy atom. The number of hydrogen-bond acceptors (Lipinski definition) is 3. The largest absolute Gasteiger partial charge is 0.490 e. The molecule has 0 bridgehead atoms. The third-order valence-electron chi connectivity index (χ3n) is 4.15. The van der Waals surface area contributed by atoms with Crippen LogP contribution in [-0.4, -0.2) is 19.8 Å². The summed E-state index contributed by atoms with van der Waals surface area (Å²) in [6, 6.07) is 6.87. The Bertz CT molecular complexity index is 446. The van der Waals surface area contributed by atoms with Gasteiger partial charge in [0, 0.05) is 12.5 Å². The average molecular weight is 261 g/mol. The molecule has 2 aliphatic rings. The lowest BCUT2D eigenvalue weighted by molar-refractivity contribution is 0.297. The van der Waals surface area contributed by atoms with Gasteiger partial charge in [0.2, 0.25) is 0 Å². The van der Waals surface area contributed by atoms with E-state index in [2.05, 4.69) is 37.4 Å². The molecule has 0 amide bonds. The zero-order valence-corrected chi connectivity index (χ0v) is 11.8. The molecule has 3 nitrogen and oxygen atoms in total. The maximum Gasteiger partial charge on any atom is 0.161 e. The van der Waals surface area contributed by atoms with Gasteiger partial charge >= 0.3 is 0 Å². The molecule has 1 aromatic rings. The predicted octanol–water partition coefficient (Wildman–Crippen LogP) is 3.15. The van der Waals surface area contributed by atoms with Crippen molar-refractivity contribution >= 4 is 0 Å². The van der Waals surface area contributed by atoms with Crippen molar-refractivity contribution in [1.29, 1.82) is 0 Å². The van der Waals surface area contributed by atoms with E-state index in [1.165, 1.54) is 12.0 Å². The van der Waals surface area contributed by atoms with E-state index in [0.717, 1.165) is 49.5 Å². The van der Waals surface area contributed by atoms with Crippen molar-refractivity contribution in [3.8, 4) is 11.5 Å². The topological polar surface area (TPSA) is 30.5 Å². The molecule has 0 spiro atoms. The summed E-state index contributed by atoms with van der Waals surface area (Å²) in [5, 5.41) is 3.62. The normalized spacial score (nSPS) is 26.6. The predicted molar refractivity (Wildman–Crippen MR) is 75.7 cm³/mol. The molecule has 3 heteroatoms. The molecule has 1 heterocycles. The first-order valence-corrected chi connectivity index (χ1v) is 7.42. The van der Waals surface area contributed by atoms with Gasteiger partial charge in [-0.1, -0.05) is 19.9 Å². The Balaban J connectivity index is 1.84. The molecule has 19 heavy (non-hydrogen) atoms. The van der Waals surface area contributed by atoms with E-state index in [1.807, 2.05) is 0 Å². The van der Waals surface area contributed by atoms with E-state index in [-0.39, 0.29) is 0 Å². The van der Waals surface area contributed by atoms with Crippen molar-refractivity contribution in [2.75, 3.05) is 19.8 Å². The SMILES string of the molecule is CCNC(c1ccc2c(c1)OCCCO2)C1CC1C. The van der Waals surface area contributed by atoms with Gasteiger partial charge in [-0.2, -0.15) is 0 Å². The van der Waals surface area contributed by atoms with Crippen molar-refractivity contribution in [2.24, 2.45) is 11.8 Å². The minimum Gasteiger partial charge on any atom is -0.490 e. The minimum absolute atomic E-state index is 0.456. The lowest BCUT2D eigenvalue weighted by Gasteiger charge is -2.20. The number of hydrogen-bond donors (Lipinski definition) is 1. The summed E-state index contributed by atoms with van der Waals surface area (Å²) >= 11 is 0. The summed E-state index contributed by atoms with van der Waals surface area (Å²) in [5.74, 6) is 3.40. The van der Waals surface area contributed by atoms with E-state index >= 15 is 0 Å². The van der Waals surface area contributed by atoms with Crippen molar-refractivity contribution in [2.45, 2.75) is 32.7 Å². The van der Waals surface area contributed by atoms with Crippen LogP contribution in [0.4, 0.5) is 0 Å². The Hall–Kier alpha value is -1.22. The average Bonchev–Trinajstić information content (AvgIpc) is 3.17. The van der Waals surface area contributed by atoms with Gasteiger partial charge in [0.1, 0.15) is 0 Å². The second-order valence-electron chi connectivity index (χ2n) is 5.67. The van der Waals surface area contributed by atoms with Gasteiger partial charge in [-0.05, 0) is 42.5 Å². The van der Waals surface area contributed by atoms with E-state index in [1.54, 1.807) is 0 Å². The summed E-state index contributed by atoms with van der Waals surface area (Å²) < 4.78 is 11.5. The van der Waals surface area contributed by atoms with Crippen LogP contribution < -0.4 is 14.8 Å². The van der Waals surface area contributed by atoms with Crippen LogP contribution in [0.25, 0.3) is 0 Å². The summed E-state index contributed by atoms with van der Waals surface area (Å²) in [6.07, 6.45) is 2.28. The van der Waals surface area contributed by atoms with E-state index in [4.69, 9.17) is 9.47 Å². The molecule has 3 atom stereocenters. The fourth-order valence-electron chi connectivity index (χ4n) is 2.93. The molecular formula is C16H23NO2. The second kappa shape index (κ2) is 5.41. The molecule has 1 aliphatic heterocycles. The van der Waals surface area contributed by atoms with Gasteiger partial charge in [0.15, 0.2) is 11.5 Å². The Morgan fingerprint density at radius 3 is 2.68 bits per heavy atom. The van der Waals surface area contributed by atoms with Gasteiger partial charge in [0.05, 0.1) is 13.2 Å². The molecule has 3 unspecified atom stereocenters. The van der Waals surface area contributed by atoms with Gasteiger partial charge < -0.3 is 14.8 Å². The highest BCUT2D eigenvalue weighted by Crippen LogP contribution is 2.48. The monoisotopic (exact) mass is 261 g/mol. The summed E-state index contributed by atoms with van der Waals surface area (Å²) in [5.41, 5.74) is 1.33. The van der Waals surface area contributed by atoms with Gasteiger partial charge in [-0.15, -0.1) is 0 Å². The highest BCUT2D eigenvalue weighted by molar-refractivity contribution is 5.44. The highest BCUT2D eigenvalue weighted by atomic mass is 16.5. The molecule has 1 fully saturated rings. The van der Waals surface area contributed by atoms with Crippen molar-refractivity contribution in [1.82, 2.24) is 5.32 Å². The van der Waals surface area contributed by atoms with Crippen molar-refractivity contribution < 1.29 is 9.47 Å². The van der Waals surface area contributed by atoms with Gasteiger partial charge in [-0.25, -0.2) is 0 Å². The molecule has 3 rings (SSSR count). The molecule has 1 saturated carbocycles. The Labute approximate surface area is 115 Å². The number of ether oxygens (including phenoxy) is 2. The lowest BCUT2D eigenvalue weighted by atomic mass is 10.0. The van der Waals surface area contributed by atoms with E-state index in [9.17, 15) is 0 Å². The van der Waals surface area contributed by atoms with Crippen molar-refractivity contribution in [3.63, 3.8) is 0 Å².